The van der Waals surface area contributed by atoms with Gasteiger partial charge in [0.05, 0.1) is 18.1 Å². The van der Waals surface area contributed by atoms with Gasteiger partial charge in [0.2, 0.25) is 0 Å². The van der Waals surface area contributed by atoms with Gasteiger partial charge in [-0.3, -0.25) is 4.79 Å². The number of esters is 1. The van der Waals surface area contributed by atoms with Gasteiger partial charge in [0.25, 0.3) is 0 Å². The smallest absolute Gasteiger partial charge is 0.336 e. The molecule has 0 bridgehead atoms. The van der Waals surface area contributed by atoms with Crippen molar-refractivity contribution in [2.24, 2.45) is 0 Å². The summed E-state index contributed by atoms with van der Waals surface area (Å²) in [7, 11) is 0. The van der Waals surface area contributed by atoms with E-state index in [9.17, 15) is 9.59 Å². The predicted molar refractivity (Wildman–Crippen MR) is 44.0 cm³/mol. The average Bonchev–Trinajstić information content (AvgIpc) is 2.02. The highest BCUT2D eigenvalue weighted by Crippen LogP contribution is 2.01. The van der Waals surface area contributed by atoms with Crippen LogP contribution < -0.4 is 0 Å². The second-order valence-corrected chi connectivity index (χ2v) is 2.48. The molecule has 2 N–H and O–H groups in total. The second-order valence-electron chi connectivity index (χ2n) is 2.48. The maximum atomic E-state index is 10.9. The zero-order valence-electron chi connectivity index (χ0n) is 7.32. The standard InChI is InChI=1S/C8H12O5/c1-5(6(2)9)8(12)13-4-3-7(10)11/h6,9H,1,3-4H2,2H3,(H,10,11). The molecule has 0 aliphatic heterocycles. The van der Waals surface area contributed by atoms with Gasteiger partial charge in [-0.2, -0.15) is 0 Å². The Balaban J connectivity index is 3.75. The lowest BCUT2D eigenvalue weighted by Gasteiger charge is -2.07. The van der Waals surface area contributed by atoms with E-state index in [1.807, 2.05) is 0 Å². The first-order valence-electron chi connectivity index (χ1n) is 3.71. The zero-order chi connectivity index (χ0) is 10.4. The molecule has 13 heavy (non-hydrogen) atoms. The van der Waals surface area contributed by atoms with E-state index in [-0.39, 0.29) is 18.6 Å². The fourth-order valence-corrected chi connectivity index (χ4v) is 0.494. The maximum Gasteiger partial charge on any atom is 0.336 e. The van der Waals surface area contributed by atoms with Crippen LogP contribution >= 0.6 is 0 Å². The van der Waals surface area contributed by atoms with E-state index in [2.05, 4.69) is 11.3 Å². The Morgan fingerprint density at radius 1 is 1.54 bits per heavy atom. The molecule has 0 aromatic rings. The van der Waals surface area contributed by atoms with Crippen molar-refractivity contribution in [3.63, 3.8) is 0 Å². The summed E-state index contributed by atoms with van der Waals surface area (Å²) < 4.78 is 4.50. The lowest BCUT2D eigenvalue weighted by Crippen LogP contribution is -2.17. The molecule has 0 rings (SSSR count). The summed E-state index contributed by atoms with van der Waals surface area (Å²) >= 11 is 0. The molecule has 0 aromatic carbocycles. The Hall–Kier alpha value is -1.36. The Labute approximate surface area is 75.6 Å². The number of hydrogen-bond donors (Lipinski definition) is 2. The number of ether oxygens (including phenoxy) is 1. The van der Waals surface area contributed by atoms with E-state index in [1.165, 1.54) is 6.92 Å². The van der Waals surface area contributed by atoms with Crippen molar-refractivity contribution in [1.82, 2.24) is 0 Å². The van der Waals surface area contributed by atoms with Crippen LogP contribution in [0.1, 0.15) is 13.3 Å². The molecular weight excluding hydrogens is 176 g/mol. The van der Waals surface area contributed by atoms with Gasteiger partial charge >= 0.3 is 11.9 Å². The minimum absolute atomic E-state index is 0.0783. The minimum atomic E-state index is -1.05. The number of rotatable bonds is 5. The Morgan fingerprint density at radius 3 is 2.46 bits per heavy atom. The van der Waals surface area contributed by atoms with Crippen LogP contribution in [0.2, 0.25) is 0 Å². The first kappa shape index (κ1) is 11.6. The number of aliphatic hydroxyl groups is 1. The molecule has 0 saturated heterocycles. The van der Waals surface area contributed by atoms with Crippen LogP contribution in [0.4, 0.5) is 0 Å². The van der Waals surface area contributed by atoms with Crippen LogP contribution in [0.5, 0.6) is 0 Å². The molecular formula is C8H12O5. The number of carbonyl (C=O) groups is 2. The van der Waals surface area contributed by atoms with Crippen molar-refractivity contribution >= 4 is 11.9 Å². The number of aliphatic carboxylic acids is 1. The molecule has 0 aliphatic carbocycles. The lowest BCUT2D eigenvalue weighted by molar-refractivity contribution is -0.143. The number of hydrogen-bond acceptors (Lipinski definition) is 4. The SMILES string of the molecule is C=C(C(=O)OCCC(=O)O)C(C)O. The maximum absolute atomic E-state index is 10.9. The molecule has 1 atom stereocenters. The van der Waals surface area contributed by atoms with Gasteiger partial charge < -0.3 is 14.9 Å². The van der Waals surface area contributed by atoms with Gasteiger partial charge in [-0.1, -0.05) is 6.58 Å². The molecule has 0 aromatic heterocycles. The summed E-state index contributed by atoms with van der Waals surface area (Å²) in [6.45, 7) is 4.45. The highest BCUT2D eigenvalue weighted by molar-refractivity contribution is 5.88. The molecule has 0 saturated carbocycles. The van der Waals surface area contributed by atoms with E-state index in [4.69, 9.17) is 10.2 Å². The van der Waals surface area contributed by atoms with E-state index in [0.29, 0.717) is 0 Å². The van der Waals surface area contributed by atoms with Crippen LogP contribution in [-0.4, -0.2) is 34.9 Å². The van der Waals surface area contributed by atoms with Crippen molar-refractivity contribution < 1.29 is 24.5 Å². The molecule has 0 radical (unpaired) electrons. The van der Waals surface area contributed by atoms with E-state index >= 15 is 0 Å². The molecule has 74 valence electrons. The van der Waals surface area contributed by atoms with Gasteiger partial charge in [0.15, 0.2) is 0 Å². The number of carboxylic acids is 1. The predicted octanol–water partition coefficient (Wildman–Crippen LogP) is -0.0587. The van der Waals surface area contributed by atoms with Crippen molar-refractivity contribution in [3.8, 4) is 0 Å². The summed E-state index contributed by atoms with van der Waals surface area (Å²) in [5.41, 5.74) is -0.0783. The van der Waals surface area contributed by atoms with Crippen molar-refractivity contribution in [3.05, 3.63) is 12.2 Å². The topological polar surface area (TPSA) is 83.8 Å². The van der Waals surface area contributed by atoms with Gasteiger partial charge in [0.1, 0.15) is 6.61 Å². The van der Waals surface area contributed by atoms with Crippen LogP contribution in [0.3, 0.4) is 0 Å². The van der Waals surface area contributed by atoms with Crippen molar-refractivity contribution in [2.75, 3.05) is 6.61 Å². The third-order valence-corrected chi connectivity index (χ3v) is 1.32. The average molecular weight is 188 g/mol. The molecule has 0 spiro atoms. The second kappa shape index (κ2) is 5.31. The first-order valence-corrected chi connectivity index (χ1v) is 3.71. The molecule has 1 unspecified atom stereocenters. The van der Waals surface area contributed by atoms with Gasteiger partial charge in [0, 0.05) is 0 Å². The molecule has 5 nitrogen and oxygen atoms in total. The normalized spacial score (nSPS) is 11.8. The first-order chi connectivity index (χ1) is 5.95. The lowest BCUT2D eigenvalue weighted by atomic mass is 10.2. The van der Waals surface area contributed by atoms with E-state index in [0.717, 1.165) is 0 Å². The number of carbonyl (C=O) groups excluding carboxylic acids is 1. The third kappa shape index (κ3) is 4.97. The van der Waals surface area contributed by atoms with E-state index < -0.39 is 18.0 Å². The van der Waals surface area contributed by atoms with Gasteiger partial charge in [-0.15, -0.1) is 0 Å². The molecule has 0 heterocycles. The van der Waals surface area contributed by atoms with Gasteiger partial charge in [-0.25, -0.2) is 4.79 Å². The zero-order valence-corrected chi connectivity index (χ0v) is 7.32. The Kier molecular flexibility index (Phi) is 4.76. The van der Waals surface area contributed by atoms with Crippen LogP contribution in [0, 0.1) is 0 Å². The highest BCUT2D eigenvalue weighted by atomic mass is 16.5. The quantitative estimate of drug-likeness (QED) is 0.466. The fourth-order valence-electron chi connectivity index (χ4n) is 0.494. The summed E-state index contributed by atoms with van der Waals surface area (Å²) in [5.74, 6) is -1.81. The van der Waals surface area contributed by atoms with Crippen LogP contribution in [0.25, 0.3) is 0 Å². The molecule has 0 amide bonds. The highest BCUT2D eigenvalue weighted by Gasteiger charge is 2.13. The number of aliphatic hydroxyl groups excluding tert-OH is 1. The van der Waals surface area contributed by atoms with Crippen LogP contribution in [0.15, 0.2) is 12.2 Å². The summed E-state index contributed by atoms with van der Waals surface area (Å²) in [6.07, 6.45) is -1.23. The molecule has 5 heteroatoms. The summed E-state index contributed by atoms with van der Waals surface area (Å²) in [4.78, 5) is 20.9. The van der Waals surface area contributed by atoms with Crippen molar-refractivity contribution in [2.45, 2.75) is 19.4 Å². The fraction of sp³-hybridized carbons (Fsp3) is 0.500. The minimum Gasteiger partial charge on any atom is -0.481 e. The van der Waals surface area contributed by atoms with E-state index in [1.54, 1.807) is 0 Å². The third-order valence-electron chi connectivity index (χ3n) is 1.32. The number of carboxylic acid groups (broad SMARTS) is 1. The van der Waals surface area contributed by atoms with Crippen molar-refractivity contribution in [1.29, 1.82) is 0 Å². The largest absolute Gasteiger partial charge is 0.481 e. The molecule has 0 aliphatic rings. The Bertz CT molecular complexity index is 219. The van der Waals surface area contributed by atoms with Crippen LogP contribution in [-0.2, 0) is 14.3 Å². The summed E-state index contributed by atoms with van der Waals surface area (Å²) in [6, 6.07) is 0. The molecule has 0 fully saturated rings. The summed E-state index contributed by atoms with van der Waals surface area (Å²) in [5, 5.41) is 17.1. The Morgan fingerprint density at radius 2 is 2.08 bits per heavy atom. The van der Waals surface area contributed by atoms with Gasteiger partial charge in [-0.05, 0) is 6.92 Å². The monoisotopic (exact) mass is 188 g/mol.